The van der Waals surface area contributed by atoms with Gasteiger partial charge in [0, 0.05) is 5.69 Å². The van der Waals surface area contributed by atoms with Crippen molar-refractivity contribution in [1.29, 1.82) is 0 Å². The zero-order chi connectivity index (χ0) is 13.7. The Kier molecular flexibility index (Phi) is 4.91. The fraction of sp³-hybridized carbons (Fsp3) is 0.533. The molecule has 1 aromatic carbocycles. The van der Waals surface area contributed by atoms with Crippen LogP contribution in [-0.2, 0) is 4.79 Å². The number of rotatable bonds is 3. The molecule has 19 heavy (non-hydrogen) atoms. The topological polar surface area (TPSA) is 32.3 Å². The summed E-state index contributed by atoms with van der Waals surface area (Å²) in [6, 6.07) is 4.78. The first-order valence-corrected chi connectivity index (χ1v) is 6.93. The van der Waals surface area contributed by atoms with Gasteiger partial charge in [0.15, 0.2) is 0 Å². The Morgan fingerprint density at radius 3 is 2.58 bits per heavy atom. The van der Waals surface area contributed by atoms with Crippen molar-refractivity contribution in [2.45, 2.75) is 32.6 Å². The second-order valence-electron chi connectivity index (χ2n) is 5.20. The molecule has 1 aliphatic rings. The van der Waals surface area contributed by atoms with Crippen LogP contribution in [0, 0.1) is 12.7 Å². The number of halogens is 1. The number of carbonyl (C=O) groups excluding carboxylic acids is 1. The van der Waals surface area contributed by atoms with Gasteiger partial charge in [-0.3, -0.25) is 9.69 Å². The maximum Gasteiger partial charge on any atom is 0.238 e. The summed E-state index contributed by atoms with van der Waals surface area (Å²) >= 11 is 0. The van der Waals surface area contributed by atoms with Crippen LogP contribution >= 0.6 is 0 Å². The Bertz CT molecular complexity index is 440. The molecular weight excluding hydrogens is 243 g/mol. The Morgan fingerprint density at radius 2 is 1.95 bits per heavy atom. The Labute approximate surface area is 113 Å². The monoisotopic (exact) mass is 264 g/mol. The van der Waals surface area contributed by atoms with E-state index in [1.54, 1.807) is 19.1 Å². The average molecular weight is 264 g/mol. The van der Waals surface area contributed by atoms with E-state index in [0.717, 1.165) is 25.9 Å². The zero-order valence-corrected chi connectivity index (χ0v) is 11.4. The number of benzene rings is 1. The van der Waals surface area contributed by atoms with Crippen molar-refractivity contribution in [3.8, 4) is 0 Å². The van der Waals surface area contributed by atoms with Gasteiger partial charge in [0.1, 0.15) is 5.82 Å². The minimum atomic E-state index is -0.285. The molecule has 1 fully saturated rings. The molecule has 1 N–H and O–H groups in total. The first kappa shape index (κ1) is 14.0. The predicted octanol–water partition coefficient (Wildman–Crippen LogP) is 2.95. The maximum atomic E-state index is 13.4. The van der Waals surface area contributed by atoms with Crippen LogP contribution in [0.3, 0.4) is 0 Å². The van der Waals surface area contributed by atoms with E-state index in [2.05, 4.69) is 10.2 Å². The van der Waals surface area contributed by atoms with Crippen LogP contribution in [0.1, 0.15) is 31.2 Å². The quantitative estimate of drug-likeness (QED) is 0.910. The lowest BCUT2D eigenvalue weighted by Crippen LogP contribution is -2.33. The van der Waals surface area contributed by atoms with Crippen molar-refractivity contribution in [1.82, 2.24) is 4.90 Å². The number of carbonyl (C=O) groups is 1. The third-order valence-corrected chi connectivity index (χ3v) is 3.52. The standard InChI is InChI=1S/C15H21FN2O/c1-12-6-7-13(10-14(12)16)17-15(19)11-18-8-4-2-3-5-9-18/h6-7,10H,2-5,8-9,11H2,1H3,(H,17,19). The van der Waals surface area contributed by atoms with Gasteiger partial charge in [-0.25, -0.2) is 4.39 Å². The van der Waals surface area contributed by atoms with E-state index >= 15 is 0 Å². The predicted molar refractivity (Wildman–Crippen MR) is 74.7 cm³/mol. The summed E-state index contributed by atoms with van der Waals surface area (Å²) in [5, 5.41) is 2.76. The smallest absolute Gasteiger partial charge is 0.238 e. The van der Waals surface area contributed by atoms with Crippen LogP contribution in [0.25, 0.3) is 0 Å². The fourth-order valence-electron chi connectivity index (χ4n) is 2.37. The molecule has 1 amide bonds. The molecule has 104 valence electrons. The number of anilines is 1. The lowest BCUT2D eigenvalue weighted by Gasteiger charge is -2.19. The largest absolute Gasteiger partial charge is 0.325 e. The third kappa shape index (κ3) is 4.31. The van der Waals surface area contributed by atoms with E-state index in [1.165, 1.54) is 18.9 Å². The first-order chi connectivity index (χ1) is 9.15. The molecule has 4 heteroatoms. The van der Waals surface area contributed by atoms with Crippen molar-refractivity contribution in [3.63, 3.8) is 0 Å². The highest BCUT2D eigenvalue weighted by Gasteiger charge is 2.13. The second-order valence-corrected chi connectivity index (χ2v) is 5.20. The molecule has 0 bridgehead atoms. The number of nitrogens with zero attached hydrogens (tertiary/aromatic N) is 1. The highest BCUT2D eigenvalue weighted by atomic mass is 19.1. The molecule has 0 aliphatic carbocycles. The van der Waals surface area contributed by atoms with Crippen LogP contribution in [0.4, 0.5) is 10.1 Å². The van der Waals surface area contributed by atoms with E-state index in [1.807, 2.05) is 0 Å². The number of aryl methyl sites for hydroxylation is 1. The zero-order valence-electron chi connectivity index (χ0n) is 11.4. The van der Waals surface area contributed by atoms with Gasteiger partial charge in [0.25, 0.3) is 0 Å². The van der Waals surface area contributed by atoms with Crippen LogP contribution < -0.4 is 5.32 Å². The molecule has 0 saturated carbocycles. The molecule has 1 aliphatic heterocycles. The molecule has 0 aromatic heterocycles. The van der Waals surface area contributed by atoms with Gasteiger partial charge in [-0.1, -0.05) is 18.9 Å². The Hall–Kier alpha value is -1.42. The summed E-state index contributed by atoms with van der Waals surface area (Å²) in [7, 11) is 0. The third-order valence-electron chi connectivity index (χ3n) is 3.52. The van der Waals surface area contributed by atoms with Crippen LogP contribution in [0.15, 0.2) is 18.2 Å². The molecule has 0 atom stereocenters. The van der Waals surface area contributed by atoms with Crippen LogP contribution in [0.5, 0.6) is 0 Å². The summed E-state index contributed by atoms with van der Waals surface area (Å²) in [6.45, 7) is 4.07. The van der Waals surface area contributed by atoms with E-state index in [0.29, 0.717) is 17.8 Å². The molecule has 2 rings (SSSR count). The van der Waals surface area contributed by atoms with Gasteiger partial charge in [0.05, 0.1) is 6.54 Å². The lowest BCUT2D eigenvalue weighted by atomic mass is 10.2. The van der Waals surface area contributed by atoms with Gasteiger partial charge in [-0.05, 0) is 50.6 Å². The van der Waals surface area contributed by atoms with Gasteiger partial charge >= 0.3 is 0 Å². The van der Waals surface area contributed by atoms with E-state index in [9.17, 15) is 9.18 Å². The summed E-state index contributed by atoms with van der Waals surface area (Å²) in [5.74, 6) is -0.349. The summed E-state index contributed by atoms with van der Waals surface area (Å²) in [4.78, 5) is 14.1. The first-order valence-electron chi connectivity index (χ1n) is 6.93. The van der Waals surface area contributed by atoms with Gasteiger partial charge in [-0.2, -0.15) is 0 Å². The number of nitrogens with one attached hydrogen (secondary N) is 1. The van der Waals surface area contributed by atoms with E-state index in [4.69, 9.17) is 0 Å². The highest BCUT2D eigenvalue weighted by Crippen LogP contribution is 2.14. The maximum absolute atomic E-state index is 13.4. The normalized spacial score (nSPS) is 16.9. The highest BCUT2D eigenvalue weighted by molar-refractivity contribution is 5.92. The Balaban J connectivity index is 1.87. The fourth-order valence-corrected chi connectivity index (χ4v) is 2.37. The second kappa shape index (κ2) is 6.66. The van der Waals surface area contributed by atoms with E-state index in [-0.39, 0.29) is 11.7 Å². The van der Waals surface area contributed by atoms with Crippen molar-refractivity contribution in [2.75, 3.05) is 25.0 Å². The summed E-state index contributed by atoms with van der Waals surface area (Å²) in [6.07, 6.45) is 4.82. The van der Waals surface area contributed by atoms with Crippen LogP contribution in [-0.4, -0.2) is 30.4 Å². The van der Waals surface area contributed by atoms with Crippen molar-refractivity contribution >= 4 is 11.6 Å². The van der Waals surface area contributed by atoms with Gasteiger partial charge in [0.2, 0.25) is 5.91 Å². The van der Waals surface area contributed by atoms with Gasteiger partial charge < -0.3 is 5.32 Å². The number of amides is 1. The SMILES string of the molecule is Cc1ccc(NC(=O)CN2CCCCCC2)cc1F. The number of hydrogen-bond acceptors (Lipinski definition) is 2. The molecule has 3 nitrogen and oxygen atoms in total. The number of hydrogen-bond donors (Lipinski definition) is 1. The van der Waals surface area contributed by atoms with Crippen molar-refractivity contribution < 1.29 is 9.18 Å². The molecule has 0 unspecified atom stereocenters. The minimum absolute atomic E-state index is 0.0647. The average Bonchev–Trinajstić information content (AvgIpc) is 2.62. The molecule has 1 saturated heterocycles. The molecule has 0 spiro atoms. The molecular formula is C15H21FN2O. The summed E-state index contributed by atoms with van der Waals surface area (Å²) < 4.78 is 13.4. The Morgan fingerprint density at radius 1 is 1.26 bits per heavy atom. The minimum Gasteiger partial charge on any atom is -0.325 e. The molecule has 0 radical (unpaired) electrons. The van der Waals surface area contributed by atoms with Gasteiger partial charge in [-0.15, -0.1) is 0 Å². The molecule has 1 aromatic rings. The van der Waals surface area contributed by atoms with Crippen LogP contribution in [0.2, 0.25) is 0 Å². The van der Waals surface area contributed by atoms with Crippen molar-refractivity contribution in [3.05, 3.63) is 29.6 Å². The van der Waals surface area contributed by atoms with E-state index < -0.39 is 0 Å². The van der Waals surface area contributed by atoms with Crippen molar-refractivity contribution in [2.24, 2.45) is 0 Å². The summed E-state index contributed by atoms with van der Waals surface area (Å²) in [5.41, 5.74) is 1.12. The molecule has 1 heterocycles. The lowest BCUT2D eigenvalue weighted by molar-refractivity contribution is -0.117. The number of likely N-dealkylation sites (tertiary alicyclic amines) is 1.